The Morgan fingerprint density at radius 1 is 1.12 bits per heavy atom. The highest BCUT2D eigenvalue weighted by Crippen LogP contribution is 2.26. The molecule has 2 heterocycles. The number of carbonyl (C=O) groups excluding carboxylic acids is 2. The molecular formula is C25H29N3O4. The molecule has 1 atom stereocenters. The van der Waals surface area contributed by atoms with Gasteiger partial charge in [0.2, 0.25) is 0 Å². The average molecular weight is 436 g/mol. The van der Waals surface area contributed by atoms with Crippen molar-refractivity contribution in [3.05, 3.63) is 76.9 Å². The molecule has 1 saturated heterocycles. The number of ether oxygens (including phenoxy) is 1. The molecule has 0 unspecified atom stereocenters. The van der Waals surface area contributed by atoms with Gasteiger partial charge in [0.15, 0.2) is 0 Å². The van der Waals surface area contributed by atoms with E-state index in [1.54, 1.807) is 17.6 Å². The third kappa shape index (κ3) is 4.91. The topological polar surface area (TPSA) is 82.1 Å². The van der Waals surface area contributed by atoms with Crippen LogP contribution in [0.25, 0.3) is 5.57 Å². The van der Waals surface area contributed by atoms with Gasteiger partial charge in [-0.3, -0.25) is 19.7 Å². The van der Waals surface area contributed by atoms with Gasteiger partial charge in [0.25, 0.3) is 11.8 Å². The van der Waals surface area contributed by atoms with Crippen molar-refractivity contribution in [2.45, 2.75) is 25.9 Å². The molecule has 0 bridgehead atoms. The predicted molar refractivity (Wildman–Crippen MR) is 121 cm³/mol. The molecule has 0 spiro atoms. The van der Waals surface area contributed by atoms with Gasteiger partial charge in [0, 0.05) is 43.3 Å². The minimum absolute atomic E-state index is 0.0823. The molecule has 32 heavy (non-hydrogen) atoms. The van der Waals surface area contributed by atoms with E-state index in [9.17, 15) is 9.59 Å². The van der Waals surface area contributed by atoms with Gasteiger partial charge in [-0.15, -0.1) is 0 Å². The molecule has 2 aliphatic rings. The van der Waals surface area contributed by atoms with Crippen LogP contribution in [0.4, 0.5) is 0 Å². The van der Waals surface area contributed by atoms with Crippen LogP contribution in [0.1, 0.15) is 45.2 Å². The molecular weight excluding hydrogens is 406 g/mol. The lowest BCUT2D eigenvalue weighted by molar-refractivity contribution is 0.0495. The van der Waals surface area contributed by atoms with Crippen LogP contribution in [-0.2, 0) is 11.3 Å². The number of piperazine rings is 1. The fraction of sp³-hybridized carbons (Fsp3) is 0.360. The van der Waals surface area contributed by atoms with E-state index in [4.69, 9.17) is 9.94 Å². The number of amides is 2. The first-order valence-corrected chi connectivity index (χ1v) is 11.0. The molecule has 0 aliphatic carbocycles. The van der Waals surface area contributed by atoms with Crippen LogP contribution >= 0.6 is 0 Å². The lowest BCUT2D eigenvalue weighted by Gasteiger charge is -2.40. The van der Waals surface area contributed by atoms with Crippen molar-refractivity contribution >= 4 is 17.4 Å². The van der Waals surface area contributed by atoms with Gasteiger partial charge >= 0.3 is 0 Å². The van der Waals surface area contributed by atoms with Gasteiger partial charge in [0.05, 0.1) is 13.2 Å². The van der Waals surface area contributed by atoms with E-state index >= 15 is 0 Å². The monoisotopic (exact) mass is 435 g/mol. The molecule has 2 amide bonds. The standard InChI is InChI=1S/C25H29N3O4/c1-18-16-28(13-12-27(18)17-19-6-8-21(9-7-19)24(29)26-31)25(30)23-5-3-2-4-22(23)20-10-14-32-15-11-20/h2-10,18,31H,11-17H2,1H3,(H,26,29)/t18-/m0/s1. The second-order valence-corrected chi connectivity index (χ2v) is 8.31. The lowest BCUT2D eigenvalue weighted by atomic mass is 9.95. The third-order valence-electron chi connectivity index (χ3n) is 6.22. The Hall–Kier alpha value is -3.00. The van der Waals surface area contributed by atoms with Crippen LogP contribution in [0.2, 0.25) is 0 Å². The van der Waals surface area contributed by atoms with Gasteiger partial charge in [-0.05, 0) is 48.2 Å². The van der Waals surface area contributed by atoms with Gasteiger partial charge in [-0.2, -0.15) is 0 Å². The zero-order chi connectivity index (χ0) is 22.5. The summed E-state index contributed by atoms with van der Waals surface area (Å²) in [7, 11) is 0. The minimum atomic E-state index is -0.520. The molecule has 4 rings (SSSR count). The average Bonchev–Trinajstić information content (AvgIpc) is 2.85. The molecule has 0 saturated carbocycles. The molecule has 0 aromatic heterocycles. The van der Waals surface area contributed by atoms with E-state index in [-0.39, 0.29) is 11.9 Å². The number of nitrogens with zero attached hydrogens (tertiary/aromatic N) is 2. The van der Waals surface area contributed by atoms with E-state index in [1.165, 1.54) is 5.57 Å². The fourth-order valence-electron chi connectivity index (χ4n) is 4.37. The second-order valence-electron chi connectivity index (χ2n) is 8.31. The summed E-state index contributed by atoms with van der Waals surface area (Å²) in [4.78, 5) is 29.2. The zero-order valence-corrected chi connectivity index (χ0v) is 18.3. The van der Waals surface area contributed by atoms with Crippen molar-refractivity contribution < 1.29 is 19.5 Å². The molecule has 2 aromatic rings. The highest BCUT2D eigenvalue weighted by Gasteiger charge is 2.28. The van der Waals surface area contributed by atoms with Crippen molar-refractivity contribution in [1.82, 2.24) is 15.3 Å². The zero-order valence-electron chi connectivity index (χ0n) is 18.3. The van der Waals surface area contributed by atoms with Crippen molar-refractivity contribution in [3.63, 3.8) is 0 Å². The van der Waals surface area contributed by atoms with Crippen LogP contribution in [0.15, 0.2) is 54.6 Å². The minimum Gasteiger partial charge on any atom is -0.377 e. The van der Waals surface area contributed by atoms with Gasteiger partial charge in [0.1, 0.15) is 0 Å². The van der Waals surface area contributed by atoms with E-state index in [2.05, 4.69) is 17.9 Å². The van der Waals surface area contributed by atoms with Gasteiger partial charge in [-0.25, -0.2) is 5.48 Å². The van der Waals surface area contributed by atoms with Crippen molar-refractivity contribution in [1.29, 1.82) is 0 Å². The summed E-state index contributed by atoms with van der Waals surface area (Å²) in [6, 6.07) is 15.3. The number of benzene rings is 2. The fourth-order valence-corrected chi connectivity index (χ4v) is 4.37. The summed E-state index contributed by atoms with van der Waals surface area (Å²) >= 11 is 0. The number of hydrogen-bond donors (Lipinski definition) is 2. The Morgan fingerprint density at radius 2 is 1.91 bits per heavy atom. The molecule has 2 N–H and O–H groups in total. The van der Waals surface area contributed by atoms with Crippen LogP contribution in [0.5, 0.6) is 0 Å². The maximum absolute atomic E-state index is 13.4. The Morgan fingerprint density at radius 3 is 2.59 bits per heavy atom. The summed E-state index contributed by atoms with van der Waals surface area (Å²) in [5.74, 6) is -0.437. The summed E-state index contributed by atoms with van der Waals surface area (Å²) in [6.45, 7) is 6.29. The van der Waals surface area contributed by atoms with Gasteiger partial charge < -0.3 is 9.64 Å². The van der Waals surface area contributed by atoms with Crippen LogP contribution in [-0.4, -0.2) is 65.7 Å². The molecule has 168 valence electrons. The van der Waals surface area contributed by atoms with Gasteiger partial charge in [-0.1, -0.05) is 36.4 Å². The highest BCUT2D eigenvalue weighted by molar-refractivity contribution is 5.99. The number of hydroxylamine groups is 1. The van der Waals surface area contributed by atoms with Crippen LogP contribution in [0.3, 0.4) is 0 Å². The first-order chi connectivity index (χ1) is 15.6. The van der Waals surface area contributed by atoms with E-state index < -0.39 is 5.91 Å². The van der Waals surface area contributed by atoms with Crippen molar-refractivity contribution in [2.75, 3.05) is 32.8 Å². The maximum atomic E-state index is 13.4. The van der Waals surface area contributed by atoms with Crippen molar-refractivity contribution in [3.8, 4) is 0 Å². The third-order valence-corrected chi connectivity index (χ3v) is 6.22. The lowest BCUT2D eigenvalue weighted by Crippen LogP contribution is -2.53. The maximum Gasteiger partial charge on any atom is 0.274 e. The van der Waals surface area contributed by atoms with Crippen LogP contribution < -0.4 is 5.48 Å². The molecule has 0 radical (unpaired) electrons. The number of rotatable bonds is 5. The normalized spacial score (nSPS) is 19.4. The molecule has 7 heteroatoms. The number of carbonyl (C=O) groups is 2. The summed E-state index contributed by atoms with van der Waals surface area (Å²) in [6.07, 6.45) is 2.90. The quantitative estimate of drug-likeness (QED) is 0.558. The largest absolute Gasteiger partial charge is 0.377 e. The first-order valence-electron chi connectivity index (χ1n) is 11.0. The second kappa shape index (κ2) is 10.1. The van der Waals surface area contributed by atoms with E-state index in [0.717, 1.165) is 36.2 Å². The predicted octanol–water partition coefficient (Wildman–Crippen LogP) is 2.96. The molecule has 7 nitrogen and oxygen atoms in total. The Balaban J connectivity index is 1.41. The molecule has 1 fully saturated rings. The number of nitrogens with one attached hydrogen (secondary N) is 1. The Kier molecular flexibility index (Phi) is 6.99. The smallest absolute Gasteiger partial charge is 0.274 e. The summed E-state index contributed by atoms with van der Waals surface area (Å²) in [5, 5.41) is 8.75. The molecule has 2 aromatic carbocycles. The summed E-state index contributed by atoms with van der Waals surface area (Å²) < 4.78 is 5.43. The van der Waals surface area contributed by atoms with E-state index in [0.29, 0.717) is 31.9 Å². The Labute approximate surface area is 188 Å². The van der Waals surface area contributed by atoms with Crippen LogP contribution in [0, 0.1) is 0 Å². The SMILES string of the molecule is C[C@H]1CN(C(=O)c2ccccc2C2=CCOCC2)CCN1Cc1ccc(C(=O)NO)cc1. The summed E-state index contributed by atoms with van der Waals surface area (Å²) in [5.41, 5.74) is 6.11. The van der Waals surface area contributed by atoms with Crippen molar-refractivity contribution in [2.24, 2.45) is 0 Å². The number of hydrogen-bond acceptors (Lipinski definition) is 5. The van der Waals surface area contributed by atoms with E-state index in [1.807, 2.05) is 41.3 Å². The highest BCUT2D eigenvalue weighted by atomic mass is 16.5. The first kappa shape index (κ1) is 22.2. The molecule has 2 aliphatic heterocycles. The Bertz CT molecular complexity index is 1000.